The van der Waals surface area contributed by atoms with Crippen molar-refractivity contribution in [3.05, 3.63) is 75.7 Å². The second-order valence-electron chi connectivity index (χ2n) is 7.25. The van der Waals surface area contributed by atoms with Crippen LogP contribution in [-0.4, -0.2) is 24.9 Å². The molecule has 0 aliphatic rings. The van der Waals surface area contributed by atoms with Gasteiger partial charge in [0.2, 0.25) is 0 Å². The number of hydrogen-bond acceptors (Lipinski definition) is 5. The first-order valence-electron chi connectivity index (χ1n) is 9.43. The lowest BCUT2D eigenvalue weighted by Gasteiger charge is -2.12. The maximum atomic E-state index is 13.7. The van der Waals surface area contributed by atoms with Gasteiger partial charge in [0, 0.05) is 36.5 Å². The van der Waals surface area contributed by atoms with Gasteiger partial charge in [-0.25, -0.2) is 9.37 Å². The highest BCUT2D eigenvalue weighted by Gasteiger charge is 2.12. The second-order valence-corrected chi connectivity index (χ2v) is 10.8. The molecule has 164 valence electrons. The lowest BCUT2D eigenvalue weighted by atomic mass is 10.1. The molecule has 1 heterocycles. The van der Waals surface area contributed by atoms with Gasteiger partial charge in [0.15, 0.2) is 18.9 Å². The van der Waals surface area contributed by atoms with Crippen molar-refractivity contribution in [1.29, 1.82) is 0 Å². The third kappa shape index (κ3) is 6.44. The quantitative estimate of drug-likeness (QED) is 0.294. The van der Waals surface area contributed by atoms with Gasteiger partial charge in [0.25, 0.3) is 0 Å². The Morgan fingerprint density at radius 3 is 2.48 bits per heavy atom. The first-order valence-corrected chi connectivity index (χ1v) is 12.7. The topological polar surface area (TPSA) is 74.4 Å². The Hall–Kier alpha value is -2.11. The van der Waals surface area contributed by atoms with Crippen LogP contribution in [0.4, 0.5) is 10.2 Å². The minimum absolute atomic E-state index is 0.0116. The van der Waals surface area contributed by atoms with Gasteiger partial charge >= 0.3 is 0 Å². The smallest absolute Gasteiger partial charge is 0.197 e. The summed E-state index contributed by atoms with van der Waals surface area (Å²) in [4.78, 5) is 4.20. The van der Waals surface area contributed by atoms with Crippen LogP contribution < -0.4 is 10.5 Å². The van der Waals surface area contributed by atoms with Crippen LogP contribution >= 0.6 is 30.6 Å². The molecule has 1 aromatic heterocycles. The fourth-order valence-corrected chi connectivity index (χ4v) is 3.83. The van der Waals surface area contributed by atoms with Crippen molar-refractivity contribution in [2.75, 3.05) is 25.7 Å². The first-order chi connectivity index (χ1) is 14.6. The Morgan fingerprint density at radius 1 is 1.10 bits per heavy atom. The van der Waals surface area contributed by atoms with Gasteiger partial charge in [-0.1, -0.05) is 47.5 Å². The van der Waals surface area contributed by atoms with Gasteiger partial charge in [0.05, 0.1) is 18.2 Å². The molecule has 3 aromatic rings. The molecule has 0 bridgehead atoms. The lowest BCUT2D eigenvalue weighted by molar-refractivity contribution is 0.310. The summed E-state index contributed by atoms with van der Waals surface area (Å²) in [6, 6.07) is 12.1. The lowest BCUT2D eigenvalue weighted by Crippen LogP contribution is -2.06. The molecule has 0 fully saturated rings. The average molecular weight is 483 g/mol. The number of hydrogen-bond donors (Lipinski definition) is 1. The normalized spacial score (nSPS) is 11.5. The minimum Gasteiger partial charge on any atom is -0.489 e. The molecular weight excluding hydrogens is 461 g/mol. The summed E-state index contributed by atoms with van der Waals surface area (Å²) < 4.78 is 36.5. The summed E-state index contributed by atoms with van der Waals surface area (Å²) in [7, 11) is -2.53. The van der Waals surface area contributed by atoms with Crippen molar-refractivity contribution in [2.45, 2.75) is 13.0 Å². The average Bonchev–Trinajstić information content (AvgIpc) is 2.73. The Bertz CT molecular complexity index is 1120. The van der Waals surface area contributed by atoms with Crippen LogP contribution in [0.2, 0.25) is 10.0 Å². The fourth-order valence-electron chi connectivity index (χ4n) is 2.81. The van der Waals surface area contributed by atoms with Crippen LogP contribution in [-0.2, 0) is 22.1 Å². The van der Waals surface area contributed by atoms with Gasteiger partial charge in [-0.2, -0.15) is 0 Å². The van der Waals surface area contributed by atoms with E-state index in [2.05, 4.69) is 4.98 Å². The molecule has 2 aromatic carbocycles. The Labute approximate surface area is 190 Å². The number of aromatic nitrogens is 1. The number of nitrogen functional groups attached to an aromatic ring is 1. The number of anilines is 1. The molecule has 0 spiro atoms. The molecule has 3 rings (SSSR count). The van der Waals surface area contributed by atoms with Crippen molar-refractivity contribution in [3.8, 4) is 16.9 Å². The van der Waals surface area contributed by atoms with Gasteiger partial charge in [-0.05, 0) is 34.9 Å². The maximum Gasteiger partial charge on any atom is 0.197 e. The van der Waals surface area contributed by atoms with E-state index in [0.717, 1.165) is 16.7 Å². The molecule has 0 amide bonds. The second kappa shape index (κ2) is 10.0. The predicted molar refractivity (Wildman–Crippen MR) is 124 cm³/mol. The van der Waals surface area contributed by atoms with Gasteiger partial charge < -0.3 is 15.0 Å². The van der Waals surface area contributed by atoms with E-state index >= 15 is 0 Å². The number of rotatable bonds is 8. The first kappa shape index (κ1) is 23.6. The van der Waals surface area contributed by atoms with E-state index in [1.165, 1.54) is 12.1 Å². The fraction of sp³-hybridized carbons (Fsp3) is 0.227. The Morgan fingerprint density at radius 2 is 1.81 bits per heavy atom. The van der Waals surface area contributed by atoms with Gasteiger partial charge in [-0.3, -0.25) is 4.57 Å². The van der Waals surface area contributed by atoms with E-state index in [1.807, 2.05) is 24.3 Å². The van der Waals surface area contributed by atoms with E-state index in [0.29, 0.717) is 22.8 Å². The van der Waals surface area contributed by atoms with Crippen LogP contribution in [0.1, 0.15) is 11.1 Å². The molecule has 9 heteroatoms. The number of nitrogens with zero attached hydrogens (tertiary/aromatic N) is 1. The van der Waals surface area contributed by atoms with Crippen molar-refractivity contribution in [2.24, 2.45) is 0 Å². The van der Waals surface area contributed by atoms with Crippen LogP contribution in [0.15, 0.2) is 48.7 Å². The van der Waals surface area contributed by atoms with E-state index in [4.69, 9.17) is 38.2 Å². The molecule has 0 aliphatic heterocycles. The zero-order valence-electron chi connectivity index (χ0n) is 17.1. The van der Waals surface area contributed by atoms with Crippen molar-refractivity contribution in [1.82, 2.24) is 4.98 Å². The zero-order valence-corrected chi connectivity index (χ0v) is 19.5. The van der Waals surface area contributed by atoms with Crippen LogP contribution in [0.5, 0.6) is 5.75 Å². The van der Waals surface area contributed by atoms with Gasteiger partial charge in [0.1, 0.15) is 5.82 Å². The van der Waals surface area contributed by atoms with Crippen LogP contribution in [0.25, 0.3) is 11.1 Å². The predicted octanol–water partition coefficient (Wildman–Crippen LogP) is 6.45. The summed E-state index contributed by atoms with van der Waals surface area (Å²) in [6.45, 7) is 3.64. The summed E-state index contributed by atoms with van der Waals surface area (Å²) in [5, 5.41) is 0.365. The number of ether oxygens (including phenoxy) is 1. The van der Waals surface area contributed by atoms with Crippen molar-refractivity contribution >= 4 is 36.4 Å². The van der Waals surface area contributed by atoms with Crippen LogP contribution in [0.3, 0.4) is 0 Å². The molecule has 5 nitrogen and oxygen atoms in total. The van der Waals surface area contributed by atoms with E-state index in [-0.39, 0.29) is 24.1 Å². The monoisotopic (exact) mass is 482 g/mol. The molecule has 0 atom stereocenters. The Balaban J connectivity index is 1.69. The van der Waals surface area contributed by atoms with E-state index < -0.39 is 13.2 Å². The highest BCUT2D eigenvalue weighted by atomic mass is 35.5. The molecule has 0 unspecified atom stereocenters. The highest BCUT2D eigenvalue weighted by molar-refractivity contribution is 7.57. The van der Waals surface area contributed by atoms with Gasteiger partial charge in [-0.15, -0.1) is 0 Å². The third-order valence-corrected chi connectivity index (χ3v) is 5.97. The van der Waals surface area contributed by atoms with Crippen molar-refractivity contribution in [3.63, 3.8) is 0 Å². The third-order valence-electron chi connectivity index (χ3n) is 4.46. The Kier molecular flexibility index (Phi) is 7.60. The highest BCUT2D eigenvalue weighted by Crippen LogP contribution is 2.38. The summed E-state index contributed by atoms with van der Waals surface area (Å²) in [6.07, 6.45) is 1.97. The molecule has 0 saturated carbocycles. The molecular formula is C22H22Cl2FN2O3P. The number of benzene rings is 2. The molecule has 31 heavy (non-hydrogen) atoms. The summed E-state index contributed by atoms with van der Waals surface area (Å²) >= 11 is 12.1. The number of pyridine rings is 1. The summed E-state index contributed by atoms with van der Waals surface area (Å²) in [5.74, 6) is 0.122. The molecule has 2 N–H and O–H groups in total. The minimum atomic E-state index is -2.53. The van der Waals surface area contributed by atoms with Crippen LogP contribution in [0, 0.1) is 5.82 Å². The van der Waals surface area contributed by atoms with E-state index in [9.17, 15) is 8.96 Å². The maximum absolute atomic E-state index is 13.7. The SMILES string of the molecule is CP(C)(=O)OCc1ccc(-c2cnc(N)c(OCCc3c(Cl)ccc(F)c3Cl)c2)cc1. The molecule has 0 saturated heterocycles. The standard InChI is InChI=1S/C22H22Cl2FN2O3P/c1-31(2,28)30-13-14-3-5-15(6-4-14)16-11-20(22(26)27-12-16)29-10-9-17-18(23)7-8-19(25)21(17)24/h3-8,11-12H,9-10,13H2,1-2H3,(H2,26,27). The largest absolute Gasteiger partial charge is 0.489 e. The van der Waals surface area contributed by atoms with Crippen molar-refractivity contribution < 1.29 is 18.2 Å². The summed E-state index contributed by atoms with van der Waals surface area (Å²) in [5.41, 5.74) is 9.06. The zero-order chi connectivity index (χ0) is 22.6. The molecule has 0 aliphatic carbocycles. The number of nitrogens with two attached hydrogens (primary N) is 1. The molecule has 0 radical (unpaired) electrons. The number of halogens is 3. The van der Waals surface area contributed by atoms with E-state index in [1.54, 1.807) is 25.6 Å².